The van der Waals surface area contributed by atoms with Crippen molar-refractivity contribution in [1.82, 2.24) is 9.21 Å². The SMILES string of the molecule is C[C@H](C(=O)Nc1ccc(F)cc1F)N1CCN(S(=O)(=O)Cc2ccccc2)CC1. The highest BCUT2D eigenvalue weighted by Crippen LogP contribution is 2.18. The fourth-order valence-corrected chi connectivity index (χ4v) is 4.75. The van der Waals surface area contributed by atoms with Crippen molar-refractivity contribution in [3.8, 4) is 0 Å². The molecular formula is C20H23F2N3O3S. The number of carbonyl (C=O) groups excluding carboxylic acids is 1. The van der Waals surface area contributed by atoms with E-state index in [0.29, 0.717) is 19.2 Å². The van der Waals surface area contributed by atoms with E-state index in [0.717, 1.165) is 11.6 Å². The van der Waals surface area contributed by atoms with E-state index in [1.54, 1.807) is 31.2 Å². The molecule has 1 heterocycles. The highest BCUT2D eigenvalue weighted by atomic mass is 32.2. The first-order chi connectivity index (χ1) is 13.8. The predicted octanol–water partition coefficient (Wildman–Crippen LogP) is 2.44. The average Bonchev–Trinajstić information content (AvgIpc) is 2.70. The van der Waals surface area contributed by atoms with Crippen molar-refractivity contribution < 1.29 is 22.0 Å². The van der Waals surface area contributed by atoms with Crippen LogP contribution >= 0.6 is 0 Å². The molecule has 156 valence electrons. The van der Waals surface area contributed by atoms with Gasteiger partial charge in [0.05, 0.1) is 17.5 Å². The van der Waals surface area contributed by atoms with Gasteiger partial charge in [-0.15, -0.1) is 0 Å². The Balaban J connectivity index is 1.56. The Bertz CT molecular complexity index is 962. The van der Waals surface area contributed by atoms with Crippen molar-refractivity contribution in [2.75, 3.05) is 31.5 Å². The summed E-state index contributed by atoms with van der Waals surface area (Å²) in [6, 6.07) is 11.3. The smallest absolute Gasteiger partial charge is 0.241 e. The molecule has 0 spiro atoms. The summed E-state index contributed by atoms with van der Waals surface area (Å²) in [6.07, 6.45) is 0. The molecule has 1 aliphatic heterocycles. The lowest BCUT2D eigenvalue weighted by Crippen LogP contribution is -2.54. The molecule has 1 saturated heterocycles. The molecule has 0 unspecified atom stereocenters. The fourth-order valence-electron chi connectivity index (χ4n) is 3.24. The van der Waals surface area contributed by atoms with Crippen molar-refractivity contribution >= 4 is 21.6 Å². The van der Waals surface area contributed by atoms with Crippen molar-refractivity contribution in [2.24, 2.45) is 0 Å². The van der Waals surface area contributed by atoms with E-state index in [1.165, 1.54) is 10.4 Å². The molecule has 0 aromatic heterocycles. The first-order valence-corrected chi connectivity index (χ1v) is 10.9. The van der Waals surface area contributed by atoms with Crippen LogP contribution in [0.3, 0.4) is 0 Å². The Morgan fingerprint density at radius 1 is 1.07 bits per heavy atom. The van der Waals surface area contributed by atoms with E-state index in [4.69, 9.17) is 0 Å². The van der Waals surface area contributed by atoms with Crippen molar-refractivity contribution in [1.29, 1.82) is 0 Å². The first-order valence-electron chi connectivity index (χ1n) is 9.28. The molecule has 3 rings (SSSR count). The molecule has 0 aliphatic carbocycles. The quantitative estimate of drug-likeness (QED) is 0.775. The summed E-state index contributed by atoms with van der Waals surface area (Å²) in [6.45, 7) is 2.99. The molecule has 1 fully saturated rings. The van der Waals surface area contributed by atoms with Crippen molar-refractivity contribution in [3.63, 3.8) is 0 Å². The third-order valence-corrected chi connectivity index (χ3v) is 6.82. The second kappa shape index (κ2) is 8.98. The molecule has 1 N–H and O–H groups in total. The lowest BCUT2D eigenvalue weighted by Gasteiger charge is -2.36. The minimum atomic E-state index is -3.44. The molecule has 0 radical (unpaired) electrons. The van der Waals surface area contributed by atoms with Gasteiger partial charge in [0.25, 0.3) is 0 Å². The Morgan fingerprint density at radius 3 is 2.34 bits per heavy atom. The van der Waals surface area contributed by atoms with Gasteiger partial charge >= 0.3 is 0 Å². The number of nitrogens with zero attached hydrogens (tertiary/aromatic N) is 2. The van der Waals surface area contributed by atoms with Crippen molar-refractivity contribution in [2.45, 2.75) is 18.7 Å². The zero-order chi connectivity index (χ0) is 21.0. The van der Waals surface area contributed by atoms with Gasteiger partial charge in [0, 0.05) is 32.2 Å². The van der Waals surface area contributed by atoms with Gasteiger partial charge in [0.15, 0.2) is 0 Å². The topological polar surface area (TPSA) is 69.7 Å². The maximum Gasteiger partial charge on any atom is 0.241 e. The zero-order valence-electron chi connectivity index (χ0n) is 16.0. The van der Waals surface area contributed by atoms with E-state index < -0.39 is 33.6 Å². The van der Waals surface area contributed by atoms with Gasteiger partial charge in [-0.2, -0.15) is 4.31 Å². The Labute approximate surface area is 169 Å². The molecular weight excluding hydrogens is 400 g/mol. The standard InChI is InChI=1S/C20H23F2N3O3S/c1-15(20(26)23-19-8-7-17(21)13-18(19)22)24-9-11-25(12-10-24)29(27,28)14-16-5-3-2-4-6-16/h2-8,13,15H,9-12,14H2,1H3,(H,23,26)/t15-/m1/s1. The van der Waals surface area contributed by atoms with Crippen molar-refractivity contribution in [3.05, 3.63) is 65.7 Å². The maximum absolute atomic E-state index is 13.7. The van der Waals surface area contributed by atoms with Crippen LogP contribution in [0.1, 0.15) is 12.5 Å². The summed E-state index contributed by atoms with van der Waals surface area (Å²) in [5, 5.41) is 2.45. The molecule has 0 saturated carbocycles. The normalized spacial score (nSPS) is 17.1. The summed E-state index contributed by atoms with van der Waals surface area (Å²) in [5.41, 5.74) is 0.635. The van der Waals surface area contributed by atoms with E-state index in [-0.39, 0.29) is 24.5 Å². The second-order valence-corrected chi connectivity index (χ2v) is 8.94. The first kappa shape index (κ1) is 21.4. The van der Waals surface area contributed by atoms with Crippen LogP contribution in [0.4, 0.5) is 14.5 Å². The molecule has 6 nitrogen and oxygen atoms in total. The van der Waals surface area contributed by atoms with Gasteiger partial charge in [-0.3, -0.25) is 9.69 Å². The molecule has 2 aromatic rings. The summed E-state index contributed by atoms with van der Waals surface area (Å²) in [4.78, 5) is 14.3. The number of amides is 1. The number of nitrogens with one attached hydrogen (secondary N) is 1. The molecule has 9 heteroatoms. The molecule has 1 atom stereocenters. The van der Waals surface area contributed by atoms with E-state index in [1.807, 2.05) is 11.0 Å². The maximum atomic E-state index is 13.7. The van der Waals surface area contributed by atoms with Crippen LogP contribution in [-0.4, -0.2) is 55.8 Å². The average molecular weight is 423 g/mol. The van der Waals surface area contributed by atoms with Crippen LogP contribution in [0.2, 0.25) is 0 Å². The molecule has 0 bridgehead atoms. The second-order valence-electron chi connectivity index (χ2n) is 6.97. The summed E-state index contributed by atoms with van der Waals surface area (Å²) >= 11 is 0. The van der Waals surface area contributed by atoms with Gasteiger partial charge in [0.1, 0.15) is 11.6 Å². The number of piperazine rings is 1. The van der Waals surface area contributed by atoms with Gasteiger partial charge in [-0.1, -0.05) is 30.3 Å². The summed E-state index contributed by atoms with van der Waals surface area (Å²) in [5.74, 6) is -2.06. The highest BCUT2D eigenvalue weighted by Gasteiger charge is 2.31. The number of anilines is 1. The number of carbonyl (C=O) groups is 1. The Hall–Kier alpha value is -2.36. The minimum absolute atomic E-state index is 0.0618. The number of rotatable bonds is 6. The van der Waals surface area contributed by atoms with Crippen LogP contribution in [0.5, 0.6) is 0 Å². The number of hydrogen-bond donors (Lipinski definition) is 1. The predicted molar refractivity (Wildman–Crippen MR) is 107 cm³/mol. The summed E-state index contributed by atoms with van der Waals surface area (Å²) in [7, 11) is -3.44. The summed E-state index contributed by atoms with van der Waals surface area (Å²) < 4.78 is 53.4. The minimum Gasteiger partial charge on any atom is -0.322 e. The number of halogens is 2. The number of benzene rings is 2. The monoisotopic (exact) mass is 423 g/mol. The van der Waals surface area contributed by atoms with Crippen LogP contribution in [-0.2, 0) is 20.6 Å². The lowest BCUT2D eigenvalue weighted by molar-refractivity contribution is -0.121. The van der Waals surface area contributed by atoms with Gasteiger partial charge < -0.3 is 5.32 Å². The van der Waals surface area contributed by atoms with Gasteiger partial charge in [-0.25, -0.2) is 17.2 Å². The van der Waals surface area contributed by atoms with E-state index in [9.17, 15) is 22.0 Å². The number of hydrogen-bond acceptors (Lipinski definition) is 4. The van der Waals surface area contributed by atoms with Crippen LogP contribution in [0.25, 0.3) is 0 Å². The number of sulfonamides is 1. The third kappa shape index (κ3) is 5.37. The lowest BCUT2D eigenvalue weighted by atomic mass is 10.2. The van der Waals surface area contributed by atoms with Crippen LogP contribution in [0, 0.1) is 11.6 Å². The van der Waals surface area contributed by atoms with Gasteiger partial charge in [-0.05, 0) is 24.6 Å². The fraction of sp³-hybridized carbons (Fsp3) is 0.350. The highest BCUT2D eigenvalue weighted by molar-refractivity contribution is 7.88. The molecule has 1 amide bonds. The van der Waals surface area contributed by atoms with E-state index >= 15 is 0 Å². The zero-order valence-corrected chi connectivity index (χ0v) is 16.8. The van der Waals surface area contributed by atoms with E-state index in [2.05, 4.69) is 5.32 Å². The van der Waals surface area contributed by atoms with Crippen LogP contribution < -0.4 is 5.32 Å². The van der Waals surface area contributed by atoms with Gasteiger partial charge in [0.2, 0.25) is 15.9 Å². The molecule has 29 heavy (non-hydrogen) atoms. The van der Waals surface area contributed by atoms with Crippen LogP contribution in [0.15, 0.2) is 48.5 Å². The molecule has 2 aromatic carbocycles. The largest absolute Gasteiger partial charge is 0.322 e. The Morgan fingerprint density at radius 2 is 1.72 bits per heavy atom. The third-order valence-electron chi connectivity index (χ3n) is 4.97. The Kier molecular flexibility index (Phi) is 6.61. The molecule has 1 aliphatic rings.